The zero-order valence-electron chi connectivity index (χ0n) is 11.7. The standard InChI is InChI=1S/C15H15N5S/c1-3-9-17-11-18-14-13(10-16)15(21-2)19-20(14)12-7-5-4-6-8-12/h3-8,11H,1,9H2,2H3,(H,17,18). The number of benzene rings is 1. The van der Waals surface area contributed by atoms with Gasteiger partial charge in [0.1, 0.15) is 16.7 Å². The Bertz CT molecular complexity index is 682. The molecule has 21 heavy (non-hydrogen) atoms. The summed E-state index contributed by atoms with van der Waals surface area (Å²) < 4.78 is 1.71. The molecule has 6 heteroatoms. The summed E-state index contributed by atoms with van der Waals surface area (Å²) in [6, 6.07) is 11.9. The third-order valence-electron chi connectivity index (χ3n) is 2.69. The van der Waals surface area contributed by atoms with Crippen LogP contribution in [0.15, 0.2) is 53.0 Å². The van der Waals surface area contributed by atoms with Crippen LogP contribution in [0.2, 0.25) is 0 Å². The molecular weight excluding hydrogens is 282 g/mol. The monoisotopic (exact) mass is 297 g/mol. The van der Waals surface area contributed by atoms with E-state index in [1.165, 1.54) is 11.8 Å². The lowest BCUT2D eigenvalue weighted by molar-refractivity contribution is 0.845. The first-order valence-corrected chi connectivity index (χ1v) is 7.52. The molecule has 0 unspecified atom stereocenters. The molecule has 1 heterocycles. The van der Waals surface area contributed by atoms with Crippen molar-refractivity contribution in [3.8, 4) is 11.8 Å². The topological polar surface area (TPSA) is 66.0 Å². The van der Waals surface area contributed by atoms with Gasteiger partial charge in [-0.2, -0.15) is 10.4 Å². The largest absolute Gasteiger partial charge is 0.330 e. The lowest BCUT2D eigenvalue weighted by Crippen LogP contribution is -2.05. The summed E-state index contributed by atoms with van der Waals surface area (Å²) in [5.74, 6) is 0.612. The average molecular weight is 297 g/mol. The summed E-state index contributed by atoms with van der Waals surface area (Å²) in [6.07, 6.45) is 5.16. The van der Waals surface area contributed by atoms with Gasteiger partial charge in [0.25, 0.3) is 0 Å². The predicted octanol–water partition coefficient (Wildman–Crippen LogP) is 3.09. The zero-order chi connectivity index (χ0) is 15.1. The van der Waals surface area contributed by atoms with Crippen LogP contribution in [-0.4, -0.2) is 28.9 Å². The lowest BCUT2D eigenvalue weighted by atomic mass is 10.3. The second-order valence-corrected chi connectivity index (χ2v) is 4.81. The molecule has 0 aliphatic rings. The summed E-state index contributed by atoms with van der Waals surface area (Å²) in [5.41, 5.74) is 1.39. The smallest absolute Gasteiger partial charge is 0.154 e. The number of hydrogen-bond donors (Lipinski definition) is 1. The van der Waals surface area contributed by atoms with Crippen LogP contribution in [0.4, 0.5) is 5.82 Å². The van der Waals surface area contributed by atoms with Crippen LogP contribution in [-0.2, 0) is 0 Å². The third-order valence-corrected chi connectivity index (χ3v) is 3.36. The number of rotatable bonds is 6. The molecule has 5 nitrogen and oxygen atoms in total. The minimum absolute atomic E-state index is 0.511. The first-order chi connectivity index (χ1) is 10.3. The fourth-order valence-electron chi connectivity index (χ4n) is 1.77. The minimum atomic E-state index is 0.511. The zero-order valence-corrected chi connectivity index (χ0v) is 12.5. The van der Waals surface area contributed by atoms with E-state index in [1.54, 1.807) is 17.1 Å². The molecule has 0 aliphatic carbocycles. The summed E-state index contributed by atoms with van der Waals surface area (Å²) in [6.45, 7) is 4.12. The van der Waals surface area contributed by atoms with Crippen molar-refractivity contribution in [1.82, 2.24) is 9.78 Å². The van der Waals surface area contributed by atoms with E-state index in [1.807, 2.05) is 36.6 Å². The number of thioether (sulfide) groups is 1. The van der Waals surface area contributed by atoms with Crippen molar-refractivity contribution >= 4 is 23.9 Å². The van der Waals surface area contributed by atoms with E-state index in [0.717, 1.165) is 5.69 Å². The van der Waals surface area contributed by atoms with Gasteiger partial charge in [-0.05, 0) is 18.4 Å². The molecule has 0 radical (unpaired) electrons. The molecule has 2 rings (SSSR count). The van der Waals surface area contributed by atoms with Crippen molar-refractivity contribution in [2.45, 2.75) is 5.03 Å². The van der Waals surface area contributed by atoms with Gasteiger partial charge in [0, 0.05) is 0 Å². The van der Waals surface area contributed by atoms with Crippen LogP contribution < -0.4 is 5.32 Å². The van der Waals surface area contributed by atoms with Gasteiger partial charge >= 0.3 is 0 Å². The van der Waals surface area contributed by atoms with Gasteiger partial charge in [0.2, 0.25) is 0 Å². The number of para-hydroxylation sites is 1. The van der Waals surface area contributed by atoms with Crippen molar-refractivity contribution in [2.75, 3.05) is 18.1 Å². The number of aliphatic imine (C=N–C) groups is 1. The first-order valence-electron chi connectivity index (χ1n) is 6.30. The maximum Gasteiger partial charge on any atom is 0.154 e. The van der Waals surface area contributed by atoms with Crippen LogP contribution >= 0.6 is 11.8 Å². The Morgan fingerprint density at radius 1 is 1.48 bits per heavy atom. The van der Waals surface area contributed by atoms with E-state index in [4.69, 9.17) is 0 Å². The van der Waals surface area contributed by atoms with Crippen molar-refractivity contribution in [3.63, 3.8) is 0 Å². The Morgan fingerprint density at radius 2 is 2.24 bits per heavy atom. The van der Waals surface area contributed by atoms with Crippen LogP contribution in [0.5, 0.6) is 0 Å². The fourth-order valence-corrected chi connectivity index (χ4v) is 2.27. The Balaban J connectivity index is 2.46. The Hall–Kier alpha value is -2.52. The SMILES string of the molecule is C=CCN=CNc1c(C#N)c(SC)nn1-c1ccccc1. The van der Waals surface area contributed by atoms with Crippen LogP contribution in [0.1, 0.15) is 5.56 Å². The normalized spacial score (nSPS) is 10.5. The summed E-state index contributed by atoms with van der Waals surface area (Å²) in [7, 11) is 0. The second-order valence-electron chi connectivity index (χ2n) is 4.02. The minimum Gasteiger partial charge on any atom is -0.330 e. The lowest BCUT2D eigenvalue weighted by Gasteiger charge is -2.06. The van der Waals surface area contributed by atoms with E-state index >= 15 is 0 Å². The van der Waals surface area contributed by atoms with Crippen molar-refractivity contribution in [1.29, 1.82) is 5.26 Å². The van der Waals surface area contributed by atoms with Gasteiger partial charge in [-0.1, -0.05) is 24.3 Å². The van der Waals surface area contributed by atoms with E-state index in [-0.39, 0.29) is 0 Å². The first kappa shape index (κ1) is 14.9. The quantitative estimate of drug-likeness (QED) is 0.385. The summed E-state index contributed by atoms with van der Waals surface area (Å²) in [5, 5.41) is 17.6. The molecule has 0 bridgehead atoms. The van der Waals surface area contributed by atoms with Gasteiger partial charge < -0.3 is 5.32 Å². The maximum absolute atomic E-state index is 9.38. The highest BCUT2D eigenvalue weighted by atomic mass is 32.2. The highest BCUT2D eigenvalue weighted by molar-refractivity contribution is 7.98. The Morgan fingerprint density at radius 3 is 2.86 bits per heavy atom. The molecule has 2 aromatic rings. The molecule has 0 amide bonds. The molecule has 1 N–H and O–H groups in total. The average Bonchev–Trinajstić information content (AvgIpc) is 2.90. The van der Waals surface area contributed by atoms with Crippen LogP contribution in [0.25, 0.3) is 5.69 Å². The third kappa shape index (κ3) is 3.33. The maximum atomic E-state index is 9.38. The van der Waals surface area contributed by atoms with Gasteiger partial charge in [0.15, 0.2) is 5.82 Å². The molecule has 0 saturated carbocycles. The molecule has 0 spiro atoms. The Kier molecular flexibility index (Phi) is 5.18. The second kappa shape index (κ2) is 7.31. The molecule has 0 aliphatic heterocycles. The van der Waals surface area contributed by atoms with Crippen molar-refractivity contribution in [3.05, 3.63) is 48.6 Å². The van der Waals surface area contributed by atoms with Crippen molar-refractivity contribution in [2.24, 2.45) is 4.99 Å². The van der Waals surface area contributed by atoms with E-state index in [2.05, 4.69) is 28.1 Å². The molecule has 106 valence electrons. The number of hydrogen-bond acceptors (Lipinski definition) is 4. The molecule has 1 aromatic heterocycles. The summed E-state index contributed by atoms with van der Waals surface area (Å²) in [4.78, 5) is 4.12. The van der Waals surface area contributed by atoms with E-state index in [0.29, 0.717) is 23.0 Å². The van der Waals surface area contributed by atoms with Gasteiger partial charge in [-0.3, -0.25) is 4.99 Å². The number of aromatic nitrogens is 2. The predicted molar refractivity (Wildman–Crippen MR) is 87.2 cm³/mol. The highest BCUT2D eigenvalue weighted by Crippen LogP contribution is 2.28. The van der Waals surface area contributed by atoms with E-state index < -0.39 is 0 Å². The number of nitrogens with one attached hydrogen (secondary N) is 1. The number of nitrogens with zero attached hydrogens (tertiary/aromatic N) is 4. The fraction of sp³-hybridized carbons (Fsp3) is 0.133. The van der Waals surface area contributed by atoms with Gasteiger partial charge in [-0.15, -0.1) is 18.3 Å². The molecular formula is C15H15N5S. The molecule has 0 fully saturated rings. The van der Waals surface area contributed by atoms with Gasteiger partial charge in [-0.25, -0.2) is 4.68 Å². The molecule has 0 atom stereocenters. The molecule has 0 saturated heterocycles. The number of nitriles is 1. The van der Waals surface area contributed by atoms with Crippen LogP contribution in [0, 0.1) is 11.3 Å². The van der Waals surface area contributed by atoms with Gasteiger partial charge in [0.05, 0.1) is 18.6 Å². The van der Waals surface area contributed by atoms with Crippen molar-refractivity contribution < 1.29 is 0 Å². The Labute approximate surface area is 128 Å². The van der Waals surface area contributed by atoms with Crippen LogP contribution in [0.3, 0.4) is 0 Å². The summed E-state index contributed by atoms with van der Waals surface area (Å²) >= 11 is 1.44. The van der Waals surface area contributed by atoms with E-state index in [9.17, 15) is 5.26 Å². The molecule has 1 aromatic carbocycles. The highest BCUT2D eigenvalue weighted by Gasteiger charge is 2.17. The number of anilines is 1.